The number of rotatable bonds is 6. The topological polar surface area (TPSA) is 71.3 Å². The van der Waals surface area contributed by atoms with E-state index in [9.17, 15) is 13.5 Å². The number of sulfonamides is 1. The van der Waals surface area contributed by atoms with Crippen LogP contribution in [-0.2, 0) is 23.2 Å². The molecular formula is C14H17IN2O3S. The van der Waals surface area contributed by atoms with Gasteiger partial charge in [0.1, 0.15) is 4.90 Å². The van der Waals surface area contributed by atoms with Gasteiger partial charge in [0.05, 0.1) is 6.61 Å². The molecule has 0 saturated heterocycles. The lowest BCUT2D eigenvalue weighted by molar-refractivity contribution is 0.270. The van der Waals surface area contributed by atoms with Crippen molar-refractivity contribution in [2.45, 2.75) is 31.4 Å². The first-order valence-corrected chi connectivity index (χ1v) is 9.10. The molecule has 0 aliphatic heterocycles. The molecule has 0 bridgehead atoms. The Morgan fingerprint density at radius 3 is 2.52 bits per heavy atom. The summed E-state index contributed by atoms with van der Waals surface area (Å²) >= 11 is 2.16. The maximum absolute atomic E-state index is 12.4. The minimum Gasteiger partial charge on any atom is -0.390 e. The molecule has 1 aromatic heterocycles. The number of aromatic nitrogens is 1. The predicted molar refractivity (Wildman–Crippen MR) is 90.6 cm³/mol. The van der Waals surface area contributed by atoms with E-state index in [1.807, 2.05) is 19.1 Å². The molecule has 0 aliphatic rings. The SMILES string of the molecule is CCCn1cc(S(=O)(=O)Nc2ccc(I)cc2)cc1CO. The molecule has 0 radical (unpaired) electrons. The number of hydrogen-bond acceptors (Lipinski definition) is 3. The van der Waals surface area contributed by atoms with Crippen molar-refractivity contribution in [1.82, 2.24) is 4.57 Å². The first-order chi connectivity index (χ1) is 9.96. The summed E-state index contributed by atoms with van der Waals surface area (Å²) in [5.74, 6) is 0. The number of hydrogen-bond donors (Lipinski definition) is 2. The smallest absolute Gasteiger partial charge is 0.263 e. The molecule has 0 atom stereocenters. The average molecular weight is 420 g/mol. The second kappa shape index (κ2) is 6.80. The van der Waals surface area contributed by atoms with E-state index in [0.29, 0.717) is 17.9 Å². The number of nitrogens with one attached hydrogen (secondary N) is 1. The van der Waals surface area contributed by atoms with E-state index >= 15 is 0 Å². The van der Waals surface area contributed by atoms with Crippen LogP contribution in [0, 0.1) is 3.57 Å². The van der Waals surface area contributed by atoms with E-state index in [0.717, 1.165) is 9.99 Å². The highest BCUT2D eigenvalue weighted by atomic mass is 127. The van der Waals surface area contributed by atoms with Crippen LogP contribution in [0.15, 0.2) is 41.4 Å². The van der Waals surface area contributed by atoms with Crippen molar-refractivity contribution in [3.05, 3.63) is 45.8 Å². The van der Waals surface area contributed by atoms with E-state index in [4.69, 9.17) is 0 Å². The largest absolute Gasteiger partial charge is 0.390 e. The number of halogens is 1. The van der Waals surface area contributed by atoms with Crippen molar-refractivity contribution in [1.29, 1.82) is 0 Å². The van der Waals surface area contributed by atoms with Crippen molar-refractivity contribution >= 4 is 38.3 Å². The summed E-state index contributed by atoms with van der Waals surface area (Å²) in [5, 5.41) is 9.31. The van der Waals surface area contributed by atoms with E-state index in [1.54, 1.807) is 22.9 Å². The lowest BCUT2D eigenvalue weighted by Gasteiger charge is -2.06. The summed E-state index contributed by atoms with van der Waals surface area (Å²) in [6, 6.07) is 8.61. The van der Waals surface area contributed by atoms with Crippen LogP contribution in [0.2, 0.25) is 0 Å². The van der Waals surface area contributed by atoms with Gasteiger partial charge in [0.25, 0.3) is 10.0 Å². The van der Waals surface area contributed by atoms with Gasteiger partial charge < -0.3 is 9.67 Å². The van der Waals surface area contributed by atoms with Gasteiger partial charge in [0.2, 0.25) is 0 Å². The van der Waals surface area contributed by atoms with Crippen LogP contribution < -0.4 is 4.72 Å². The number of anilines is 1. The molecule has 0 aliphatic carbocycles. The summed E-state index contributed by atoms with van der Waals surface area (Å²) in [4.78, 5) is 0.165. The Morgan fingerprint density at radius 2 is 1.95 bits per heavy atom. The van der Waals surface area contributed by atoms with Crippen molar-refractivity contribution in [3.8, 4) is 0 Å². The highest BCUT2D eigenvalue weighted by molar-refractivity contribution is 14.1. The molecule has 0 saturated carbocycles. The number of aliphatic hydroxyl groups excluding tert-OH is 1. The standard InChI is InChI=1S/C14H17IN2O3S/c1-2-7-17-9-14(8-13(17)10-18)21(19,20)16-12-5-3-11(15)4-6-12/h3-6,8-9,16,18H,2,7,10H2,1H3. The fourth-order valence-corrected chi connectivity index (χ4v) is 3.47. The molecule has 1 heterocycles. The Bertz CT molecular complexity index is 708. The van der Waals surface area contributed by atoms with Gasteiger partial charge >= 0.3 is 0 Å². The van der Waals surface area contributed by atoms with Crippen LogP contribution in [0.25, 0.3) is 0 Å². The van der Waals surface area contributed by atoms with Crippen LogP contribution in [-0.4, -0.2) is 18.1 Å². The highest BCUT2D eigenvalue weighted by Gasteiger charge is 2.18. The minimum atomic E-state index is -3.64. The summed E-state index contributed by atoms with van der Waals surface area (Å²) in [5.41, 5.74) is 1.11. The molecule has 21 heavy (non-hydrogen) atoms. The number of aryl methyl sites for hydroxylation is 1. The van der Waals surface area contributed by atoms with Gasteiger partial charge in [0, 0.05) is 27.7 Å². The summed E-state index contributed by atoms with van der Waals surface area (Å²) in [6.07, 6.45) is 2.43. The molecule has 2 rings (SSSR count). The van der Waals surface area contributed by atoms with Gasteiger partial charge in [0.15, 0.2) is 0 Å². The van der Waals surface area contributed by atoms with Crippen LogP contribution in [0.5, 0.6) is 0 Å². The van der Waals surface area contributed by atoms with Crippen LogP contribution in [0.3, 0.4) is 0 Å². The van der Waals surface area contributed by atoms with Crippen molar-refractivity contribution in [2.24, 2.45) is 0 Å². The predicted octanol–water partition coefficient (Wildman–Crippen LogP) is 2.80. The zero-order chi connectivity index (χ0) is 15.5. The van der Waals surface area contributed by atoms with Crippen LogP contribution in [0.4, 0.5) is 5.69 Å². The monoisotopic (exact) mass is 420 g/mol. The van der Waals surface area contributed by atoms with E-state index in [2.05, 4.69) is 27.3 Å². The Morgan fingerprint density at radius 1 is 1.29 bits per heavy atom. The first kappa shape index (κ1) is 16.3. The van der Waals surface area contributed by atoms with Crippen LogP contribution >= 0.6 is 22.6 Å². The van der Waals surface area contributed by atoms with Crippen molar-refractivity contribution in [3.63, 3.8) is 0 Å². The maximum Gasteiger partial charge on any atom is 0.263 e. The summed E-state index contributed by atoms with van der Waals surface area (Å²) < 4.78 is 30.1. The third kappa shape index (κ3) is 3.98. The molecule has 5 nitrogen and oxygen atoms in total. The second-order valence-electron chi connectivity index (χ2n) is 4.63. The Hall–Kier alpha value is -1.06. The van der Waals surface area contributed by atoms with Gasteiger partial charge in [-0.3, -0.25) is 4.72 Å². The molecule has 7 heteroatoms. The third-order valence-electron chi connectivity index (χ3n) is 2.99. The fraction of sp³-hybridized carbons (Fsp3) is 0.286. The lowest BCUT2D eigenvalue weighted by Crippen LogP contribution is -2.12. The molecule has 0 spiro atoms. The van der Waals surface area contributed by atoms with Gasteiger partial charge in [-0.25, -0.2) is 8.42 Å². The third-order valence-corrected chi connectivity index (χ3v) is 5.06. The first-order valence-electron chi connectivity index (χ1n) is 6.54. The van der Waals surface area contributed by atoms with Gasteiger partial charge in [-0.15, -0.1) is 0 Å². The number of benzene rings is 1. The number of nitrogens with zero attached hydrogens (tertiary/aromatic N) is 1. The summed E-state index contributed by atoms with van der Waals surface area (Å²) in [7, 11) is -3.64. The quantitative estimate of drug-likeness (QED) is 0.707. The van der Waals surface area contributed by atoms with E-state index in [1.165, 1.54) is 6.07 Å². The normalized spacial score (nSPS) is 11.6. The van der Waals surface area contributed by atoms with E-state index < -0.39 is 10.0 Å². The fourth-order valence-electron chi connectivity index (χ4n) is 1.99. The molecule has 2 aromatic rings. The lowest BCUT2D eigenvalue weighted by atomic mass is 10.3. The molecule has 1 aromatic carbocycles. The molecule has 0 unspecified atom stereocenters. The van der Waals surface area contributed by atoms with Crippen molar-refractivity contribution in [2.75, 3.05) is 4.72 Å². The zero-order valence-electron chi connectivity index (χ0n) is 11.6. The van der Waals surface area contributed by atoms with Gasteiger partial charge in [-0.1, -0.05) is 6.92 Å². The van der Waals surface area contributed by atoms with Gasteiger partial charge in [-0.2, -0.15) is 0 Å². The average Bonchev–Trinajstić information content (AvgIpc) is 2.86. The summed E-state index contributed by atoms with van der Waals surface area (Å²) in [6.45, 7) is 2.49. The van der Waals surface area contributed by atoms with Gasteiger partial charge in [-0.05, 0) is 59.3 Å². The molecule has 2 N–H and O–H groups in total. The highest BCUT2D eigenvalue weighted by Crippen LogP contribution is 2.20. The molecule has 0 amide bonds. The minimum absolute atomic E-state index is 0.165. The molecule has 0 fully saturated rings. The van der Waals surface area contributed by atoms with Crippen molar-refractivity contribution < 1.29 is 13.5 Å². The Kier molecular flexibility index (Phi) is 5.28. The molecular weight excluding hydrogens is 403 g/mol. The Labute approximate surface area is 138 Å². The van der Waals surface area contributed by atoms with Crippen LogP contribution in [0.1, 0.15) is 19.0 Å². The number of aliphatic hydroxyl groups is 1. The second-order valence-corrected chi connectivity index (χ2v) is 7.56. The maximum atomic E-state index is 12.4. The zero-order valence-corrected chi connectivity index (χ0v) is 14.6. The molecule has 114 valence electrons. The Balaban J connectivity index is 2.28. The van der Waals surface area contributed by atoms with E-state index in [-0.39, 0.29) is 11.5 Å².